The van der Waals surface area contributed by atoms with E-state index in [4.69, 9.17) is 5.73 Å². The summed E-state index contributed by atoms with van der Waals surface area (Å²) >= 11 is 6.54. The van der Waals surface area contributed by atoms with Crippen molar-refractivity contribution in [3.8, 4) is 0 Å². The zero-order valence-electron chi connectivity index (χ0n) is 10.8. The third kappa shape index (κ3) is 3.36. The van der Waals surface area contributed by atoms with Crippen LogP contribution in [-0.4, -0.2) is 36.3 Å². The second-order valence-electron chi connectivity index (χ2n) is 5.00. The molecule has 2 rings (SSSR count). The van der Waals surface area contributed by atoms with Crippen LogP contribution in [0.2, 0.25) is 0 Å². The first-order valence-electron chi connectivity index (χ1n) is 5.89. The summed E-state index contributed by atoms with van der Waals surface area (Å²) in [5, 5.41) is 0. The van der Waals surface area contributed by atoms with E-state index < -0.39 is 10.0 Å². The third-order valence-corrected chi connectivity index (χ3v) is 8.33. The van der Waals surface area contributed by atoms with Crippen molar-refractivity contribution in [2.75, 3.05) is 18.8 Å². The molecule has 0 aromatic carbocycles. The van der Waals surface area contributed by atoms with Crippen LogP contribution in [0.1, 0.15) is 18.7 Å². The van der Waals surface area contributed by atoms with Gasteiger partial charge in [-0.2, -0.15) is 16.1 Å². The number of thiophene rings is 1. The predicted octanol–water partition coefficient (Wildman–Crippen LogP) is 2.49. The fraction of sp³-hybridized carbons (Fsp3) is 0.636. The van der Waals surface area contributed by atoms with Crippen molar-refractivity contribution in [2.24, 2.45) is 5.73 Å². The molecule has 1 fully saturated rings. The number of hydrogen-bond acceptors (Lipinski definition) is 5. The average molecular weight is 385 g/mol. The maximum absolute atomic E-state index is 12.7. The summed E-state index contributed by atoms with van der Waals surface area (Å²) in [4.78, 5) is 1.22. The van der Waals surface area contributed by atoms with Gasteiger partial charge in [0.15, 0.2) is 0 Å². The first kappa shape index (κ1) is 15.8. The van der Waals surface area contributed by atoms with E-state index in [1.165, 1.54) is 11.3 Å². The summed E-state index contributed by atoms with van der Waals surface area (Å²) in [5.41, 5.74) is 5.57. The monoisotopic (exact) mass is 384 g/mol. The molecule has 1 saturated heterocycles. The molecule has 0 saturated carbocycles. The van der Waals surface area contributed by atoms with E-state index in [-0.39, 0.29) is 4.75 Å². The SMILES string of the molecule is CC1(C)CN(S(=O)(=O)c2cc(CN)sc2Br)CCS1. The lowest BCUT2D eigenvalue weighted by Gasteiger charge is -2.36. The topological polar surface area (TPSA) is 63.4 Å². The molecule has 8 heteroatoms. The summed E-state index contributed by atoms with van der Waals surface area (Å²) < 4.78 is 27.5. The van der Waals surface area contributed by atoms with E-state index in [0.717, 1.165) is 10.6 Å². The standard InChI is InChI=1S/C11H17BrN2O2S3/c1-11(2)7-14(3-4-17-11)19(15,16)9-5-8(6-13)18-10(9)12/h5H,3-4,6-7,13H2,1-2H3. The Bertz CT molecular complexity index is 568. The van der Waals surface area contributed by atoms with Crippen LogP contribution in [0.15, 0.2) is 14.7 Å². The Morgan fingerprint density at radius 2 is 2.21 bits per heavy atom. The van der Waals surface area contributed by atoms with Gasteiger partial charge in [-0.05, 0) is 35.8 Å². The molecule has 19 heavy (non-hydrogen) atoms. The molecule has 108 valence electrons. The Kier molecular flexibility index (Phi) is 4.69. The maximum Gasteiger partial charge on any atom is 0.245 e. The fourth-order valence-corrected chi connectivity index (χ4v) is 7.41. The van der Waals surface area contributed by atoms with Crippen molar-refractivity contribution in [1.29, 1.82) is 0 Å². The summed E-state index contributed by atoms with van der Waals surface area (Å²) in [5.74, 6) is 0.831. The Balaban J connectivity index is 2.34. The molecular weight excluding hydrogens is 368 g/mol. The van der Waals surface area contributed by atoms with Gasteiger partial charge in [-0.25, -0.2) is 8.42 Å². The van der Waals surface area contributed by atoms with E-state index in [1.807, 2.05) is 11.8 Å². The minimum atomic E-state index is -3.43. The van der Waals surface area contributed by atoms with Gasteiger partial charge in [0.25, 0.3) is 0 Å². The molecule has 0 amide bonds. The van der Waals surface area contributed by atoms with Crippen LogP contribution in [0, 0.1) is 0 Å². The van der Waals surface area contributed by atoms with Gasteiger partial charge in [0.1, 0.15) is 4.90 Å². The number of nitrogens with two attached hydrogens (primary N) is 1. The number of rotatable bonds is 3. The number of hydrogen-bond donors (Lipinski definition) is 1. The molecule has 1 aromatic rings. The van der Waals surface area contributed by atoms with Crippen LogP contribution in [0.5, 0.6) is 0 Å². The summed E-state index contributed by atoms with van der Waals surface area (Å²) in [6.45, 7) is 5.62. The van der Waals surface area contributed by atoms with E-state index >= 15 is 0 Å². The van der Waals surface area contributed by atoms with Gasteiger partial charge >= 0.3 is 0 Å². The maximum atomic E-state index is 12.7. The first-order chi connectivity index (χ1) is 8.76. The van der Waals surface area contributed by atoms with Crippen LogP contribution < -0.4 is 5.73 Å². The Hall–Kier alpha value is 0.400. The lowest BCUT2D eigenvalue weighted by atomic mass is 10.2. The molecule has 0 unspecified atom stereocenters. The highest BCUT2D eigenvalue weighted by atomic mass is 79.9. The molecular formula is C11H17BrN2O2S3. The van der Waals surface area contributed by atoms with Crippen LogP contribution in [0.4, 0.5) is 0 Å². The zero-order chi connectivity index (χ0) is 14.3. The van der Waals surface area contributed by atoms with Gasteiger partial charge in [-0.3, -0.25) is 0 Å². The van der Waals surface area contributed by atoms with Crippen LogP contribution in [0.25, 0.3) is 0 Å². The molecule has 0 radical (unpaired) electrons. The van der Waals surface area contributed by atoms with Gasteiger partial charge in [-0.1, -0.05) is 0 Å². The Morgan fingerprint density at radius 1 is 1.53 bits per heavy atom. The molecule has 0 aliphatic carbocycles. The highest BCUT2D eigenvalue weighted by molar-refractivity contribution is 9.11. The Morgan fingerprint density at radius 3 is 2.74 bits per heavy atom. The van der Waals surface area contributed by atoms with Crippen LogP contribution >= 0.6 is 39.0 Å². The lowest BCUT2D eigenvalue weighted by Crippen LogP contribution is -2.46. The number of thioether (sulfide) groups is 1. The van der Waals surface area contributed by atoms with Crippen LogP contribution in [-0.2, 0) is 16.6 Å². The molecule has 0 atom stereocenters. The smallest absolute Gasteiger partial charge is 0.245 e. The fourth-order valence-electron chi connectivity index (χ4n) is 1.99. The molecule has 4 nitrogen and oxygen atoms in total. The van der Waals surface area contributed by atoms with E-state index in [9.17, 15) is 8.42 Å². The third-order valence-electron chi connectivity index (χ3n) is 2.92. The van der Waals surface area contributed by atoms with Gasteiger partial charge in [-0.15, -0.1) is 11.3 Å². The second-order valence-corrected chi connectivity index (χ2v) is 11.2. The summed E-state index contributed by atoms with van der Waals surface area (Å²) in [7, 11) is -3.43. The first-order valence-corrected chi connectivity index (χ1v) is 9.92. The van der Waals surface area contributed by atoms with E-state index in [2.05, 4.69) is 29.8 Å². The lowest BCUT2D eigenvalue weighted by molar-refractivity contribution is 0.387. The van der Waals surface area contributed by atoms with E-state index in [0.29, 0.717) is 28.3 Å². The molecule has 1 aliphatic rings. The van der Waals surface area contributed by atoms with Gasteiger partial charge in [0.05, 0.1) is 3.79 Å². The minimum Gasteiger partial charge on any atom is -0.326 e. The van der Waals surface area contributed by atoms with Crippen molar-refractivity contribution < 1.29 is 8.42 Å². The molecule has 2 N–H and O–H groups in total. The number of halogens is 1. The number of sulfonamides is 1. The van der Waals surface area contributed by atoms with Gasteiger partial charge in [0.2, 0.25) is 10.0 Å². The van der Waals surface area contributed by atoms with Crippen molar-refractivity contribution in [1.82, 2.24) is 4.31 Å². The quantitative estimate of drug-likeness (QED) is 0.869. The minimum absolute atomic E-state index is 0.0372. The van der Waals surface area contributed by atoms with Crippen molar-refractivity contribution in [3.63, 3.8) is 0 Å². The van der Waals surface area contributed by atoms with Crippen LogP contribution in [0.3, 0.4) is 0 Å². The van der Waals surface area contributed by atoms with Crippen molar-refractivity contribution in [2.45, 2.75) is 30.0 Å². The molecule has 0 bridgehead atoms. The average Bonchev–Trinajstić information content (AvgIpc) is 2.70. The molecule has 1 aliphatic heterocycles. The van der Waals surface area contributed by atoms with Crippen molar-refractivity contribution in [3.05, 3.63) is 14.7 Å². The highest BCUT2D eigenvalue weighted by Crippen LogP contribution is 2.37. The summed E-state index contributed by atoms with van der Waals surface area (Å²) in [6, 6.07) is 1.68. The van der Waals surface area contributed by atoms with Crippen molar-refractivity contribution >= 4 is 49.1 Å². The molecule has 1 aromatic heterocycles. The van der Waals surface area contributed by atoms with Gasteiger partial charge < -0.3 is 5.73 Å². The van der Waals surface area contributed by atoms with E-state index in [1.54, 1.807) is 10.4 Å². The zero-order valence-corrected chi connectivity index (χ0v) is 14.9. The summed E-state index contributed by atoms with van der Waals surface area (Å²) in [6.07, 6.45) is 0. The second kappa shape index (κ2) is 5.65. The highest BCUT2D eigenvalue weighted by Gasteiger charge is 2.36. The molecule has 0 spiro atoms. The van der Waals surface area contributed by atoms with Gasteiger partial charge in [0, 0.05) is 35.0 Å². The molecule has 2 heterocycles. The Labute approximate surface area is 130 Å². The normalized spacial score (nSPS) is 20.6. The largest absolute Gasteiger partial charge is 0.326 e. The predicted molar refractivity (Wildman–Crippen MR) is 85.2 cm³/mol. The number of nitrogens with zero attached hydrogens (tertiary/aromatic N) is 1.